The minimum Gasteiger partial charge on any atom is -0.544 e. The van der Waals surface area contributed by atoms with Gasteiger partial charge < -0.3 is 22.8 Å². The van der Waals surface area contributed by atoms with Crippen molar-refractivity contribution in [2.24, 2.45) is 0 Å². The molecule has 0 bridgehead atoms. The van der Waals surface area contributed by atoms with Gasteiger partial charge in [0, 0.05) is 23.6 Å². The molecule has 3 rings (SSSR count). The van der Waals surface area contributed by atoms with Crippen LogP contribution in [0.3, 0.4) is 0 Å². The summed E-state index contributed by atoms with van der Waals surface area (Å²) in [6.45, 7) is 21.3. The quantitative estimate of drug-likeness (QED) is 0.329. The first-order chi connectivity index (χ1) is 14.9. The van der Waals surface area contributed by atoms with Crippen LogP contribution in [-0.2, 0) is 13.6 Å². The third kappa shape index (κ3) is 6.19. The van der Waals surface area contributed by atoms with Crippen molar-refractivity contribution < 1.29 is 27.5 Å². The highest BCUT2D eigenvalue weighted by Gasteiger charge is 2.50. The minimum absolute atomic E-state index is 0.171. The molecule has 0 N–H and O–H groups in total. The van der Waals surface area contributed by atoms with Crippen molar-refractivity contribution in [2.75, 3.05) is 7.11 Å². The molecule has 6 nitrogen and oxygen atoms in total. The topological polar surface area (TPSA) is 63.2 Å². The van der Waals surface area contributed by atoms with E-state index in [0.29, 0.717) is 23.5 Å². The van der Waals surface area contributed by atoms with Crippen molar-refractivity contribution in [1.29, 1.82) is 0 Å². The Balaban J connectivity index is 2.20. The molecule has 0 aromatic heterocycles. The van der Waals surface area contributed by atoms with Crippen molar-refractivity contribution in [3.8, 4) is 11.5 Å². The first-order valence-corrected chi connectivity index (χ1v) is 21.9. The Morgan fingerprint density at radius 1 is 0.939 bits per heavy atom. The third-order valence-corrected chi connectivity index (χ3v) is 8.21. The van der Waals surface area contributed by atoms with E-state index in [1.54, 1.807) is 13.2 Å². The molecule has 3 unspecified atom stereocenters. The standard InChI is InChI=1S/C24H40O6Si3/c1-24-15-21(30-33(9,10)11)19(28-31(3,4)5)14-18(24)17-12-16(26-2)13-20(29-32(6,7)8)22(17)23(25)27-24/h12-14,19,21H,15H2,1-11H3. The number of rotatable bonds is 7. The fourth-order valence-electron chi connectivity index (χ4n) is 4.41. The molecule has 0 saturated heterocycles. The predicted molar refractivity (Wildman–Crippen MR) is 140 cm³/mol. The second-order valence-electron chi connectivity index (χ2n) is 12.1. The smallest absolute Gasteiger partial charge is 0.343 e. The molecule has 33 heavy (non-hydrogen) atoms. The van der Waals surface area contributed by atoms with E-state index in [1.165, 1.54) is 0 Å². The van der Waals surface area contributed by atoms with Gasteiger partial charge in [-0.05, 0) is 78.0 Å². The Hall–Kier alpha value is -1.40. The maximum Gasteiger partial charge on any atom is 0.343 e. The zero-order valence-corrected chi connectivity index (χ0v) is 25.0. The average molecular weight is 509 g/mol. The highest BCUT2D eigenvalue weighted by molar-refractivity contribution is 6.71. The minimum atomic E-state index is -1.99. The van der Waals surface area contributed by atoms with Gasteiger partial charge in [0.25, 0.3) is 0 Å². The lowest BCUT2D eigenvalue weighted by atomic mass is 9.75. The van der Waals surface area contributed by atoms with Crippen LogP contribution in [-0.4, -0.2) is 55.8 Å². The first kappa shape index (κ1) is 26.2. The molecule has 0 saturated carbocycles. The summed E-state index contributed by atoms with van der Waals surface area (Å²) in [5.41, 5.74) is 1.40. The lowest BCUT2D eigenvalue weighted by Crippen LogP contribution is -2.53. The van der Waals surface area contributed by atoms with Crippen molar-refractivity contribution in [1.82, 2.24) is 0 Å². The van der Waals surface area contributed by atoms with Crippen LogP contribution in [0.5, 0.6) is 11.5 Å². The number of esters is 1. The Kier molecular flexibility index (Phi) is 6.89. The zero-order valence-electron chi connectivity index (χ0n) is 22.0. The molecular weight excluding hydrogens is 469 g/mol. The maximum absolute atomic E-state index is 13.3. The number of carbonyl (C=O) groups excluding carboxylic acids is 1. The normalized spacial score (nSPS) is 25.5. The van der Waals surface area contributed by atoms with Gasteiger partial charge in [-0.15, -0.1) is 0 Å². The van der Waals surface area contributed by atoms with Crippen molar-refractivity contribution in [3.05, 3.63) is 29.3 Å². The largest absolute Gasteiger partial charge is 0.544 e. The summed E-state index contributed by atoms with van der Waals surface area (Å²) in [5, 5.41) is 0. The molecule has 1 aromatic carbocycles. The molecule has 1 heterocycles. The number of fused-ring (bicyclic) bond motifs is 3. The molecule has 3 atom stereocenters. The lowest BCUT2D eigenvalue weighted by Gasteiger charge is -2.47. The van der Waals surface area contributed by atoms with E-state index < -0.39 is 30.6 Å². The highest BCUT2D eigenvalue weighted by Crippen LogP contribution is 2.49. The highest BCUT2D eigenvalue weighted by atomic mass is 28.4. The summed E-state index contributed by atoms with van der Waals surface area (Å²) in [7, 11) is -4.08. The molecular formula is C24H40O6Si3. The van der Waals surface area contributed by atoms with Gasteiger partial charge in [-0.1, -0.05) is 0 Å². The van der Waals surface area contributed by atoms with E-state index in [1.807, 2.05) is 13.0 Å². The van der Waals surface area contributed by atoms with E-state index >= 15 is 0 Å². The average Bonchev–Trinajstić information content (AvgIpc) is 2.58. The predicted octanol–water partition coefficient (Wildman–Crippen LogP) is 6.07. The molecule has 0 spiro atoms. The number of hydrogen-bond acceptors (Lipinski definition) is 6. The number of hydrogen-bond donors (Lipinski definition) is 0. The summed E-state index contributed by atoms with van der Waals surface area (Å²) in [6.07, 6.45) is 2.29. The van der Waals surface area contributed by atoms with Gasteiger partial charge in [0.05, 0.1) is 19.3 Å². The first-order valence-electron chi connectivity index (χ1n) is 11.6. The molecule has 1 aliphatic heterocycles. The van der Waals surface area contributed by atoms with Gasteiger partial charge in [-0.3, -0.25) is 0 Å². The lowest BCUT2D eigenvalue weighted by molar-refractivity contribution is -0.0295. The monoisotopic (exact) mass is 508 g/mol. The van der Waals surface area contributed by atoms with E-state index in [4.69, 9.17) is 22.8 Å². The van der Waals surface area contributed by atoms with Crippen LogP contribution in [0.4, 0.5) is 0 Å². The van der Waals surface area contributed by atoms with E-state index in [2.05, 4.69) is 65.0 Å². The van der Waals surface area contributed by atoms with Crippen molar-refractivity contribution in [3.63, 3.8) is 0 Å². The second-order valence-corrected chi connectivity index (χ2v) is 25.5. The summed E-state index contributed by atoms with van der Waals surface area (Å²) in [4.78, 5) is 13.3. The van der Waals surface area contributed by atoms with Gasteiger partial charge >= 0.3 is 5.97 Å². The van der Waals surface area contributed by atoms with Crippen LogP contribution in [0.2, 0.25) is 58.9 Å². The van der Waals surface area contributed by atoms with Crippen LogP contribution in [0, 0.1) is 0 Å². The van der Waals surface area contributed by atoms with E-state index in [-0.39, 0.29) is 18.2 Å². The molecule has 9 heteroatoms. The molecule has 0 amide bonds. The van der Waals surface area contributed by atoms with Crippen molar-refractivity contribution >= 4 is 36.5 Å². The van der Waals surface area contributed by atoms with Crippen LogP contribution in [0.15, 0.2) is 18.2 Å². The van der Waals surface area contributed by atoms with Gasteiger partial charge in [0.1, 0.15) is 22.7 Å². The van der Waals surface area contributed by atoms with Gasteiger partial charge in [-0.25, -0.2) is 4.79 Å². The number of carbonyl (C=O) groups is 1. The Bertz CT molecular complexity index is 955. The van der Waals surface area contributed by atoms with Gasteiger partial charge in [-0.2, -0.15) is 0 Å². The third-order valence-electron chi connectivity index (χ3n) is 5.39. The molecule has 1 aromatic rings. The van der Waals surface area contributed by atoms with Crippen LogP contribution >= 0.6 is 0 Å². The Labute approximate surface area is 202 Å². The summed E-state index contributed by atoms with van der Waals surface area (Å²) < 4.78 is 31.2. The number of methoxy groups -OCH3 is 1. The zero-order chi connectivity index (χ0) is 25.0. The summed E-state index contributed by atoms with van der Waals surface area (Å²) in [6, 6.07) is 3.71. The molecule has 0 fully saturated rings. The Morgan fingerprint density at radius 2 is 1.55 bits per heavy atom. The fourth-order valence-corrected chi connectivity index (χ4v) is 7.39. The number of ether oxygens (including phenoxy) is 2. The Morgan fingerprint density at radius 3 is 2.06 bits per heavy atom. The number of benzene rings is 1. The SMILES string of the molecule is COc1cc(O[Si](C)(C)C)c2c(c1)C1=CC(O[Si](C)(C)C)C(O[Si](C)(C)C)CC1(C)OC2=O. The molecule has 1 aliphatic carbocycles. The second kappa shape index (κ2) is 8.67. The molecule has 184 valence electrons. The van der Waals surface area contributed by atoms with Crippen molar-refractivity contribution in [2.45, 2.75) is 90.1 Å². The van der Waals surface area contributed by atoms with Gasteiger partial charge in [0.15, 0.2) is 16.6 Å². The van der Waals surface area contributed by atoms with E-state index in [0.717, 1.165) is 11.1 Å². The maximum atomic E-state index is 13.3. The summed E-state index contributed by atoms with van der Waals surface area (Å²) in [5.74, 6) is 0.819. The van der Waals surface area contributed by atoms with Crippen LogP contribution < -0.4 is 9.16 Å². The molecule has 2 aliphatic rings. The fraction of sp³-hybridized carbons (Fsp3) is 0.625. The van der Waals surface area contributed by atoms with Crippen LogP contribution in [0.25, 0.3) is 5.57 Å². The van der Waals surface area contributed by atoms with Gasteiger partial charge in [0.2, 0.25) is 8.32 Å². The molecule has 0 radical (unpaired) electrons. The van der Waals surface area contributed by atoms with Crippen LogP contribution in [0.1, 0.15) is 29.3 Å². The summed E-state index contributed by atoms with van der Waals surface area (Å²) >= 11 is 0. The van der Waals surface area contributed by atoms with E-state index in [9.17, 15) is 4.79 Å².